The Morgan fingerprint density at radius 3 is 2.46 bits per heavy atom. The third kappa shape index (κ3) is 4.23. The summed E-state index contributed by atoms with van der Waals surface area (Å²) >= 11 is 0. The first-order valence-electron chi connectivity index (χ1n) is 9.05. The van der Waals surface area contributed by atoms with Crippen LogP contribution in [0, 0.1) is 12.8 Å². The van der Waals surface area contributed by atoms with Gasteiger partial charge in [0.15, 0.2) is 0 Å². The van der Waals surface area contributed by atoms with E-state index in [-0.39, 0.29) is 22.9 Å². The number of aryl methyl sites for hydroxylation is 1. The predicted octanol–water partition coefficient (Wildman–Crippen LogP) is 2.13. The molecule has 28 heavy (non-hydrogen) atoms. The molecule has 0 radical (unpaired) electrons. The average molecular weight is 401 g/mol. The molecular weight excluding hydrogens is 378 g/mol. The Morgan fingerprint density at radius 1 is 1.11 bits per heavy atom. The summed E-state index contributed by atoms with van der Waals surface area (Å²) in [6, 6.07) is 13.1. The highest BCUT2D eigenvalue weighted by Gasteiger charge is 2.33. The van der Waals surface area contributed by atoms with Crippen molar-refractivity contribution in [3.8, 4) is 0 Å². The molecule has 1 heterocycles. The Kier molecular flexibility index (Phi) is 5.81. The molecule has 0 saturated carbocycles. The van der Waals surface area contributed by atoms with Crippen LogP contribution in [-0.2, 0) is 14.8 Å². The molecule has 0 spiro atoms. The fourth-order valence-corrected chi connectivity index (χ4v) is 4.80. The summed E-state index contributed by atoms with van der Waals surface area (Å²) in [7, 11) is -3.66. The Morgan fingerprint density at radius 2 is 1.79 bits per heavy atom. The summed E-state index contributed by atoms with van der Waals surface area (Å²) in [6.07, 6.45) is 1.16. The zero-order chi connectivity index (χ0) is 20.3. The van der Waals surface area contributed by atoms with Crippen LogP contribution in [0.15, 0.2) is 53.4 Å². The van der Waals surface area contributed by atoms with Gasteiger partial charge in [0, 0.05) is 13.1 Å². The Bertz CT molecular complexity index is 987. The highest BCUT2D eigenvalue weighted by Crippen LogP contribution is 2.25. The number of benzene rings is 2. The van der Waals surface area contributed by atoms with Gasteiger partial charge in [0.05, 0.1) is 22.1 Å². The van der Waals surface area contributed by atoms with Crippen molar-refractivity contribution < 1.29 is 18.0 Å². The smallest absolute Gasteiger partial charge is 0.250 e. The topological polar surface area (TPSA) is 110 Å². The zero-order valence-electron chi connectivity index (χ0n) is 15.6. The quantitative estimate of drug-likeness (QED) is 0.800. The lowest BCUT2D eigenvalue weighted by Crippen LogP contribution is -2.43. The molecule has 0 aromatic heterocycles. The minimum absolute atomic E-state index is 0.0980. The second-order valence-corrected chi connectivity index (χ2v) is 8.85. The monoisotopic (exact) mass is 401 g/mol. The molecule has 0 unspecified atom stereocenters. The number of anilines is 1. The van der Waals surface area contributed by atoms with Gasteiger partial charge in [0.2, 0.25) is 15.9 Å². The van der Waals surface area contributed by atoms with Crippen molar-refractivity contribution in [3.63, 3.8) is 0 Å². The van der Waals surface area contributed by atoms with Crippen molar-refractivity contribution in [1.29, 1.82) is 0 Å². The van der Waals surface area contributed by atoms with Crippen LogP contribution < -0.4 is 11.1 Å². The molecule has 3 rings (SSSR count). The van der Waals surface area contributed by atoms with Crippen molar-refractivity contribution in [3.05, 3.63) is 59.7 Å². The van der Waals surface area contributed by atoms with Gasteiger partial charge in [-0.3, -0.25) is 9.59 Å². The molecule has 0 bridgehead atoms. The maximum atomic E-state index is 12.9. The standard InChI is InChI=1S/C20H23N3O4S/c1-14-8-10-16(11-9-14)28(26,27)23-12-4-5-15(13-23)20(25)22-18-7-3-2-6-17(18)19(21)24/h2-3,6-11,15H,4-5,12-13H2,1H3,(H2,21,24)(H,22,25)/t15-/m0/s1. The van der Waals surface area contributed by atoms with Gasteiger partial charge in [-0.1, -0.05) is 29.8 Å². The van der Waals surface area contributed by atoms with E-state index >= 15 is 0 Å². The number of primary amides is 1. The highest BCUT2D eigenvalue weighted by molar-refractivity contribution is 7.89. The number of carbonyl (C=O) groups excluding carboxylic acids is 2. The highest BCUT2D eigenvalue weighted by atomic mass is 32.2. The minimum atomic E-state index is -3.66. The lowest BCUT2D eigenvalue weighted by molar-refractivity contribution is -0.120. The molecule has 148 valence electrons. The first-order valence-corrected chi connectivity index (χ1v) is 10.5. The number of sulfonamides is 1. The van der Waals surface area contributed by atoms with Crippen molar-refractivity contribution >= 4 is 27.5 Å². The molecule has 1 fully saturated rings. The fraction of sp³-hybridized carbons (Fsp3) is 0.300. The van der Waals surface area contributed by atoms with Gasteiger partial charge in [-0.15, -0.1) is 0 Å². The number of nitrogens with two attached hydrogens (primary N) is 1. The Hall–Kier alpha value is -2.71. The number of amides is 2. The van der Waals surface area contributed by atoms with Crippen LogP contribution in [0.3, 0.4) is 0 Å². The summed E-state index contributed by atoms with van der Waals surface area (Å²) in [5.74, 6) is -1.46. The number of hydrogen-bond acceptors (Lipinski definition) is 4. The van der Waals surface area contributed by atoms with Gasteiger partial charge in [-0.05, 0) is 44.0 Å². The molecule has 1 aliphatic heterocycles. The van der Waals surface area contributed by atoms with E-state index in [1.165, 1.54) is 10.4 Å². The van der Waals surface area contributed by atoms with E-state index < -0.39 is 21.8 Å². The maximum absolute atomic E-state index is 12.9. The molecule has 3 N–H and O–H groups in total. The van der Waals surface area contributed by atoms with E-state index in [1.54, 1.807) is 42.5 Å². The number of nitrogens with one attached hydrogen (secondary N) is 1. The molecule has 1 saturated heterocycles. The number of rotatable bonds is 5. The maximum Gasteiger partial charge on any atom is 0.250 e. The third-order valence-corrected chi connectivity index (χ3v) is 6.74. The summed E-state index contributed by atoms with van der Waals surface area (Å²) in [6.45, 7) is 2.36. The number of carbonyl (C=O) groups is 2. The summed E-state index contributed by atoms with van der Waals surface area (Å²) in [5, 5.41) is 2.72. The lowest BCUT2D eigenvalue weighted by Gasteiger charge is -2.31. The van der Waals surface area contributed by atoms with Crippen LogP contribution in [0.1, 0.15) is 28.8 Å². The summed E-state index contributed by atoms with van der Waals surface area (Å²) in [4.78, 5) is 24.5. The van der Waals surface area contributed by atoms with Gasteiger partial charge >= 0.3 is 0 Å². The Labute approximate surface area is 164 Å². The van der Waals surface area contributed by atoms with E-state index in [2.05, 4.69) is 5.32 Å². The molecule has 7 nitrogen and oxygen atoms in total. The molecule has 2 aromatic carbocycles. The van der Waals surface area contributed by atoms with Crippen LogP contribution in [0.2, 0.25) is 0 Å². The Balaban J connectivity index is 1.75. The van der Waals surface area contributed by atoms with E-state index in [9.17, 15) is 18.0 Å². The minimum Gasteiger partial charge on any atom is -0.366 e. The molecule has 1 aliphatic rings. The van der Waals surface area contributed by atoms with Gasteiger partial charge in [-0.2, -0.15) is 4.31 Å². The lowest BCUT2D eigenvalue weighted by atomic mass is 9.98. The van der Waals surface area contributed by atoms with E-state index in [1.807, 2.05) is 6.92 Å². The van der Waals surface area contributed by atoms with Crippen molar-refractivity contribution in [2.24, 2.45) is 11.7 Å². The number of piperidine rings is 1. The van der Waals surface area contributed by atoms with E-state index in [4.69, 9.17) is 5.73 Å². The fourth-order valence-electron chi connectivity index (χ4n) is 3.28. The molecule has 2 amide bonds. The summed E-state index contributed by atoms with van der Waals surface area (Å²) in [5.41, 5.74) is 6.87. The van der Waals surface area contributed by atoms with Crippen molar-refractivity contribution in [1.82, 2.24) is 4.31 Å². The van der Waals surface area contributed by atoms with Crippen LogP contribution in [0.5, 0.6) is 0 Å². The molecule has 2 aromatic rings. The number of hydrogen-bond donors (Lipinski definition) is 2. The van der Waals surface area contributed by atoms with Crippen LogP contribution in [0.4, 0.5) is 5.69 Å². The molecular formula is C20H23N3O4S. The van der Waals surface area contributed by atoms with Gasteiger partial charge in [0.1, 0.15) is 0 Å². The van der Waals surface area contributed by atoms with Gasteiger partial charge in [-0.25, -0.2) is 8.42 Å². The third-order valence-electron chi connectivity index (χ3n) is 4.86. The largest absolute Gasteiger partial charge is 0.366 e. The van der Waals surface area contributed by atoms with Crippen molar-refractivity contribution in [2.45, 2.75) is 24.7 Å². The summed E-state index contributed by atoms with van der Waals surface area (Å²) < 4.78 is 27.2. The number of nitrogens with zero attached hydrogens (tertiary/aromatic N) is 1. The van der Waals surface area contributed by atoms with Crippen LogP contribution in [0.25, 0.3) is 0 Å². The van der Waals surface area contributed by atoms with Crippen molar-refractivity contribution in [2.75, 3.05) is 18.4 Å². The molecule has 0 aliphatic carbocycles. The van der Waals surface area contributed by atoms with E-state index in [0.717, 1.165) is 5.56 Å². The second kappa shape index (κ2) is 8.12. The zero-order valence-corrected chi connectivity index (χ0v) is 16.4. The first-order chi connectivity index (χ1) is 13.3. The number of para-hydroxylation sites is 1. The molecule has 8 heteroatoms. The van der Waals surface area contributed by atoms with E-state index in [0.29, 0.717) is 25.1 Å². The van der Waals surface area contributed by atoms with Gasteiger partial charge in [0.25, 0.3) is 5.91 Å². The predicted molar refractivity (Wildman–Crippen MR) is 106 cm³/mol. The van der Waals surface area contributed by atoms with Crippen LogP contribution in [-0.4, -0.2) is 37.6 Å². The van der Waals surface area contributed by atoms with Crippen LogP contribution >= 0.6 is 0 Å². The first kappa shape index (κ1) is 20.0. The average Bonchev–Trinajstić information content (AvgIpc) is 2.68. The molecule has 1 atom stereocenters. The SMILES string of the molecule is Cc1ccc(S(=O)(=O)N2CCC[C@H](C(=O)Nc3ccccc3C(N)=O)C2)cc1. The second-order valence-electron chi connectivity index (χ2n) is 6.91. The van der Waals surface area contributed by atoms with Gasteiger partial charge < -0.3 is 11.1 Å². The normalized spacial score (nSPS) is 17.8.